The number of esters is 3. The molecule has 0 bridgehead atoms. The first-order chi connectivity index (χ1) is 33.6. The van der Waals surface area contributed by atoms with Crippen molar-refractivity contribution in [3.05, 3.63) is 113 Å². The summed E-state index contributed by atoms with van der Waals surface area (Å²) in [5, 5.41) is 102. The summed E-state index contributed by atoms with van der Waals surface area (Å²) in [4.78, 5) is 50.5. The molecule has 3 aliphatic heterocycles. The largest absolute Gasteiger partial charge is 0.504 e. The third-order valence-corrected chi connectivity index (χ3v) is 11.7. The molecule has 4 aliphatic rings. The number of aliphatic hydroxyl groups excluding tert-OH is 6. The van der Waals surface area contributed by atoms with E-state index in [9.17, 15) is 70.2 Å². The molecular formula is C49H60O22. The number of allylic oxidation sites excluding steroid dienone is 12. The molecular weight excluding hydrogens is 941 g/mol. The van der Waals surface area contributed by atoms with Gasteiger partial charge in [0.1, 0.15) is 61.7 Å². The molecule has 71 heavy (non-hydrogen) atoms. The summed E-state index contributed by atoms with van der Waals surface area (Å²) in [6.07, 6.45) is -1.08. The molecule has 6 unspecified atom stereocenters. The SMILES string of the molecule is CC(/C=C/C=C(\C)C(=O)O[C@@H]1OC(CO[C@@H]2OC(CO)[C@H]3OCOC3C2O)[C@@H](O)C(O)C1O)=C\C=C\C=C(C)\C=C\C=C(/C)C(=O)O[C@@H]1[C@H](O)C[C@@](O)(C(=O)O)C[C@H]1OC(=O)/C=C/c1ccc(O)c(O)c1. The van der Waals surface area contributed by atoms with Crippen LogP contribution in [-0.2, 0) is 57.1 Å². The molecule has 0 radical (unpaired) electrons. The van der Waals surface area contributed by atoms with E-state index in [1.807, 2.05) is 0 Å². The number of rotatable bonds is 18. The minimum atomic E-state index is -2.49. The Balaban J connectivity index is 1.09. The van der Waals surface area contributed by atoms with E-state index in [0.29, 0.717) is 5.56 Å². The average Bonchev–Trinajstić information content (AvgIpc) is 3.83. The molecule has 3 heterocycles. The maximum absolute atomic E-state index is 13.0. The first-order valence-electron chi connectivity index (χ1n) is 22.3. The number of benzene rings is 1. The van der Waals surface area contributed by atoms with Gasteiger partial charge in [0.05, 0.1) is 19.3 Å². The number of carboxylic acid groups (broad SMARTS) is 1. The molecule has 1 aromatic rings. The van der Waals surface area contributed by atoms with E-state index in [2.05, 4.69) is 0 Å². The van der Waals surface area contributed by atoms with Gasteiger partial charge in [-0.05, 0) is 51.5 Å². The topological polar surface area (TPSA) is 344 Å². The van der Waals surface area contributed by atoms with Crippen LogP contribution in [0.25, 0.3) is 6.08 Å². The highest BCUT2D eigenvalue weighted by Gasteiger charge is 2.53. The lowest BCUT2D eigenvalue weighted by atomic mass is 9.79. The van der Waals surface area contributed by atoms with Crippen molar-refractivity contribution in [3.8, 4) is 11.5 Å². The summed E-state index contributed by atoms with van der Waals surface area (Å²) >= 11 is 0. The first kappa shape index (κ1) is 56.1. The second-order valence-electron chi connectivity index (χ2n) is 17.2. The predicted molar refractivity (Wildman–Crippen MR) is 244 cm³/mol. The number of aliphatic hydroxyl groups is 7. The van der Waals surface area contributed by atoms with E-state index in [1.165, 1.54) is 50.3 Å². The predicted octanol–water partition coefficient (Wildman–Crippen LogP) is 0.546. The van der Waals surface area contributed by atoms with Crippen molar-refractivity contribution < 1.29 is 108 Å². The quantitative estimate of drug-likeness (QED) is 0.0315. The van der Waals surface area contributed by atoms with Gasteiger partial charge >= 0.3 is 23.9 Å². The van der Waals surface area contributed by atoms with Crippen LogP contribution in [0.2, 0.25) is 0 Å². The van der Waals surface area contributed by atoms with Crippen molar-refractivity contribution in [2.24, 2.45) is 0 Å². The Kier molecular flexibility index (Phi) is 20.1. The van der Waals surface area contributed by atoms with E-state index < -0.39 is 141 Å². The first-order valence-corrected chi connectivity index (χ1v) is 22.3. The van der Waals surface area contributed by atoms with Crippen LogP contribution in [0.5, 0.6) is 11.5 Å². The van der Waals surface area contributed by atoms with Crippen LogP contribution < -0.4 is 0 Å². The molecule has 5 rings (SSSR count). The number of aromatic hydroxyl groups is 2. The van der Waals surface area contributed by atoms with Gasteiger partial charge in [-0.3, -0.25) is 0 Å². The van der Waals surface area contributed by atoms with E-state index in [-0.39, 0.29) is 23.7 Å². The zero-order valence-electron chi connectivity index (χ0n) is 39.1. The van der Waals surface area contributed by atoms with E-state index in [0.717, 1.165) is 17.2 Å². The third-order valence-electron chi connectivity index (χ3n) is 11.7. The Morgan fingerprint density at radius 1 is 0.690 bits per heavy atom. The van der Waals surface area contributed by atoms with Crippen molar-refractivity contribution in [2.45, 2.75) is 126 Å². The van der Waals surface area contributed by atoms with Crippen LogP contribution in [0.1, 0.15) is 46.1 Å². The van der Waals surface area contributed by atoms with E-state index >= 15 is 0 Å². The molecule has 1 saturated carbocycles. The number of carbonyl (C=O) groups is 4. The maximum atomic E-state index is 13.0. The Bertz CT molecular complexity index is 2310. The molecule has 14 atom stereocenters. The van der Waals surface area contributed by atoms with Gasteiger partial charge in [0.15, 0.2) is 29.5 Å². The van der Waals surface area contributed by atoms with Gasteiger partial charge < -0.3 is 89.0 Å². The molecule has 388 valence electrons. The van der Waals surface area contributed by atoms with Crippen LogP contribution in [0, 0.1) is 0 Å². The van der Waals surface area contributed by atoms with E-state index in [1.54, 1.807) is 62.5 Å². The lowest BCUT2D eigenvalue weighted by Gasteiger charge is -2.42. The number of hydrogen-bond donors (Lipinski definition) is 10. The number of phenols is 2. The molecule has 0 aromatic heterocycles. The summed E-state index contributed by atoms with van der Waals surface area (Å²) in [7, 11) is 0. The fourth-order valence-corrected chi connectivity index (χ4v) is 7.55. The van der Waals surface area contributed by atoms with Gasteiger partial charge in [0.2, 0.25) is 6.29 Å². The summed E-state index contributed by atoms with van der Waals surface area (Å²) in [5.41, 5.74) is -0.468. The number of aliphatic carboxylic acids is 1. The van der Waals surface area contributed by atoms with Gasteiger partial charge in [-0.1, -0.05) is 78.0 Å². The Hall–Kier alpha value is -5.86. The lowest BCUT2D eigenvalue weighted by molar-refractivity contribution is -0.319. The van der Waals surface area contributed by atoms with Gasteiger partial charge in [-0.25, -0.2) is 19.2 Å². The summed E-state index contributed by atoms with van der Waals surface area (Å²) in [5.74, 6) is -5.35. The smallest absolute Gasteiger partial charge is 0.336 e. The number of hydrogen-bond acceptors (Lipinski definition) is 21. The summed E-state index contributed by atoms with van der Waals surface area (Å²) in [6, 6.07) is 3.74. The van der Waals surface area contributed by atoms with Crippen LogP contribution in [0.3, 0.4) is 0 Å². The van der Waals surface area contributed by atoms with Crippen molar-refractivity contribution in [3.63, 3.8) is 0 Å². The van der Waals surface area contributed by atoms with Crippen LogP contribution >= 0.6 is 0 Å². The van der Waals surface area contributed by atoms with Gasteiger partial charge in [-0.15, -0.1) is 0 Å². The zero-order chi connectivity index (χ0) is 52.2. The average molecular weight is 1000 g/mol. The second-order valence-corrected chi connectivity index (χ2v) is 17.2. The van der Waals surface area contributed by atoms with E-state index in [4.69, 9.17) is 37.9 Å². The molecule has 0 amide bonds. The summed E-state index contributed by atoms with van der Waals surface area (Å²) in [6.45, 7) is 5.41. The van der Waals surface area contributed by atoms with Crippen LogP contribution in [-0.4, -0.2) is 180 Å². The number of phenolic OH excluding ortho intramolecular Hbond substituents is 2. The van der Waals surface area contributed by atoms with Gasteiger partial charge in [0.25, 0.3) is 0 Å². The molecule has 1 aliphatic carbocycles. The molecule has 1 aromatic carbocycles. The fourth-order valence-electron chi connectivity index (χ4n) is 7.55. The lowest BCUT2D eigenvalue weighted by Crippen LogP contribution is -2.61. The molecule has 22 heteroatoms. The normalized spacial score (nSPS) is 33.2. The van der Waals surface area contributed by atoms with Crippen molar-refractivity contribution in [1.82, 2.24) is 0 Å². The van der Waals surface area contributed by atoms with Crippen molar-refractivity contribution in [2.75, 3.05) is 20.0 Å². The zero-order valence-corrected chi connectivity index (χ0v) is 39.1. The molecule has 3 saturated heterocycles. The highest BCUT2D eigenvalue weighted by Crippen LogP contribution is 2.35. The number of carbonyl (C=O) groups excluding carboxylic acids is 3. The Morgan fingerprint density at radius 3 is 1.90 bits per heavy atom. The minimum absolute atomic E-state index is 0.0739. The number of fused-ring (bicyclic) bond motifs is 1. The molecule has 10 N–H and O–H groups in total. The number of carboxylic acids is 1. The van der Waals surface area contributed by atoms with Gasteiger partial charge in [-0.2, -0.15) is 0 Å². The fraction of sp³-hybridized carbons (Fsp3) is 0.469. The number of ether oxygens (including phenoxy) is 8. The van der Waals surface area contributed by atoms with Crippen molar-refractivity contribution >= 4 is 30.0 Å². The third kappa shape index (κ3) is 15.1. The second kappa shape index (κ2) is 25.5. The monoisotopic (exact) mass is 1000 g/mol. The highest BCUT2D eigenvalue weighted by molar-refractivity contribution is 5.89. The van der Waals surface area contributed by atoms with Crippen LogP contribution in [0.4, 0.5) is 0 Å². The van der Waals surface area contributed by atoms with Gasteiger partial charge in [0, 0.05) is 30.1 Å². The molecule has 0 spiro atoms. The van der Waals surface area contributed by atoms with Crippen LogP contribution in [0.15, 0.2) is 107 Å². The molecule has 22 nitrogen and oxygen atoms in total. The standard InChI is InChI=1S/C49H60O22/c1-25(11-7-13-27(3)44(59)70-41-32(53)20-49(63,48(61)62)21-33(41)67-36(54)18-16-29-15-17-30(51)31(52)19-29)9-5-6-10-26(2)12-8-14-28(4)45(60)71-47-39(57)38(56)37(55)35(69-47)23-64-46-40(58)43-42(65-24-66-43)34(22-50)68-46/h5-19,32-35,37-43,46-47,50-53,55-58,63H,20-24H2,1-4H3,(H,61,62)/b6-5+,11-7+,12-8+,18-16+,25-9+,26-10+,27-13+,28-14+/t32-,33-,34?,35?,37-,38?,39?,40?,41-,42-,43?,46-,47+,49+/m1/s1. The minimum Gasteiger partial charge on any atom is -0.504 e. The summed E-state index contributed by atoms with van der Waals surface area (Å²) < 4.78 is 43.6. The maximum Gasteiger partial charge on any atom is 0.336 e. The highest BCUT2D eigenvalue weighted by atomic mass is 16.8. The Labute approximate surface area is 407 Å². The Morgan fingerprint density at radius 2 is 1.30 bits per heavy atom. The molecule has 4 fully saturated rings. The van der Waals surface area contributed by atoms with Crippen molar-refractivity contribution in [1.29, 1.82) is 0 Å².